The molecule has 9 unspecified atom stereocenters. The van der Waals surface area contributed by atoms with Crippen molar-refractivity contribution >= 4 is 5.91 Å². The molecule has 4 aliphatic heterocycles. The van der Waals surface area contributed by atoms with Gasteiger partial charge in [-0.3, -0.25) is 4.79 Å². The normalized spacial score (nSPS) is 37.7. The average molecular weight is 506 g/mol. The fourth-order valence-electron chi connectivity index (χ4n) is 5.77. The lowest BCUT2D eigenvalue weighted by Gasteiger charge is -2.49. The standard InChI is InChI=1S/C25H31NO10/c1-3-12-14-7-16-13-8-17(28)18(33-2)6-11(13)4-5-26(16)23(31)15(14)10-34-25(12)36-22-21(30)20(29)19(9-27)35-24(22)32/h3,6,8,10,12,14,16,19-22,24-25,27-30,32H,1,4-5,7,9H2,2H3. The van der Waals surface area contributed by atoms with Gasteiger partial charge in [0.25, 0.3) is 5.91 Å². The number of nitrogens with zero attached hydrogens (tertiary/aromatic N) is 1. The molecule has 0 aromatic heterocycles. The molecule has 5 N–H and O–H groups in total. The molecule has 0 aliphatic carbocycles. The summed E-state index contributed by atoms with van der Waals surface area (Å²) in [5, 5.41) is 50.7. The third-order valence-corrected chi connectivity index (χ3v) is 7.70. The summed E-state index contributed by atoms with van der Waals surface area (Å²) in [7, 11) is 1.49. The fourth-order valence-corrected chi connectivity index (χ4v) is 5.77. The monoisotopic (exact) mass is 505 g/mol. The van der Waals surface area contributed by atoms with Gasteiger partial charge in [-0.15, -0.1) is 6.58 Å². The minimum atomic E-state index is -1.62. The van der Waals surface area contributed by atoms with E-state index in [1.807, 2.05) is 0 Å². The van der Waals surface area contributed by atoms with Gasteiger partial charge in [0.2, 0.25) is 6.29 Å². The number of phenols is 1. The van der Waals surface area contributed by atoms with Gasteiger partial charge in [-0.05, 0) is 36.1 Å². The van der Waals surface area contributed by atoms with Crippen LogP contribution in [-0.4, -0.2) is 93.6 Å². The maximum atomic E-state index is 13.4. The first-order chi connectivity index (χ1) is 17.3. The lowest BCUT2D eigenvalue weighted by molar-refractivity contribution is -0.325. The van der Waals surface area contributed by atoms with Gasteiger partial charge >= 0.3 is 0 Å². The molecule has 0 radical (unpaired) electrons. The molecule has 196 valence electrons. The first-order valence-corrected chi connectivity index (χ1v) is 11.9. The molecule has 4 aliphatic rings. The first kappa shape index (κ1) is 25.0. The predicted octanol–water partition coefficient (Wildman–Crippen LogP) is -0.295. The number of hydrogen-bond acceptors (Lipinski definition) is 10. The number of fused-ring (bicyclic) bond motifs is 4. The van der Waals surface area contributed by atoms with E-state index in [9.17, 15) is 30.3 Å². The molecule has 2 saturated heterocycles. The summed E-state index contributed by atoms with van der Waals surface area (Å²) in [6.07, 6.45) is -4.10. The Kier molecular flexibility index (Phi) is 6.70. The zero-order valence-corrected chi connectivity index (χ0v) is 19.8. The average Bonchev–Trinajstić information content (AvgIpc) is 2.88. The Morgan fingerprint density at radius 3 is 2.72 bits per heavy atom. The Hall–Kier alpha value is -2.67. The number of phenolic OH excluding ortho intramolecular Hbond substituents is 1. The number of ether oxygens (including phenoxy) is 4. The number of aliphatic hydroxyl groups excluding tert-OH is 4. The van der Waals surface area contributed by atoms with E-state index in [2.05, 4.69) is 6.58 Å². The molecule has 0 saturated carbocycles. The number of carbonyl (C=O) groups is 1. The molecule has 1 aromatic rings. The molecule has 0 spiro atoms. The summed E-state index contributed by atoms with van der Waals surface area (Å²) in [6.45, 7) is 3.82. The van der Waals surface area contributed by atoms with Crippen LogP contribution in [-0.2, 0) is 25.4 Å². The van der Waals surface area contributed by atoms with Gasteiger partial charge in [-0.25, -0.2) is 0 Å². The molecular weight excluding hydrogens is 474 g/mol. The van der Waals surface area contributed by atoms with Gasteiger partial charge in [-0.2, -0.15) is 0 Å². The molecular formula is C25H31NO10. The van der Waals surface area contributed by atoms with Crippen molar-refractivity contribution in [3.05, 3.63) is 47.7 Å². The van der Waals surface area contributed by atoms with Crippen LogP contribution in [0.1, 0.15) is 23.6 Å². The van der Waals surface area contributed by atoms with Crippen LogP contribution in [0.4, 0.5) is 0 Å². The smallest absolute Gasteiger partial charge is 0.253 e. The Labute approximate surface area is 207 Å². The zero-order valence-electron chi connectivity index (χ0n) is 19.8. The number of rotatable bonds is 5. The third kappa shape index (κ3) is 3.96. The van der Waals surface area contributed by atoms with Crippen molar-refractivity contribution in [3.8, 4) is 11.5 Å². The highest BCUT2D eigenvalue weighted by molar-refractivity contribution is 5.95. The van der Waals surface area contributed by atoms with Crippen LogP contribution in [0.3, 0.4) is 0 Å². The van der Waals surface area contributed by atoms with E-state index < -0.39 is 49.5 Å². The van der Waals surface area contributed by atoms with Crippen LogP contribution in [0.2, 0.25) is 0 Å². The van der Waals surface area contributed by atoms with Crippen molar-refractivity contribution in [2.75, 3.05) is 20.3 Å². The number of aromatic hydroxyl groups is 1. The summed E-state index contributed by atoms with van der Waals surface area (Å²) >= 11 is 0. The minimum absolute atomic E-state index is 0.000334. The number of methoxy groups -OCH3 is 1. The Balaban J connectivity index is 1.41. The lowest BCUT2D eigenvalue weighted by atomic mass is 9.73. The van der Waals surface area contributed by atoms with Crippen LogP contribution < -0.4 is 4.74 Å². The van der Waals surface area contributed by atoms with Gasteiger partial charge in [0.05, 0.1) is 31.6 Å². The van der Waals surface area contributed by atoms with Gasteiger partial charge in [-0.1, -0.05) is 6.08 Å². The van der Waals surface area contributed by atoms with Crippen molar-refractivity contribution in [2.45, 2.75) is 55.9 Å². The second-order valence-electron chi connectivity index (χ2n) is 9.55. The number of aliphatic hydroxyl groups is 4. The molecule has 11 heteroatoms. The van der Waals surface area contributed by atoms with Gasteiger partial charge in [0.1, 0.15) is 24.4 Å². The van der Waals surface area contributed by atoms with Crippen molar-refractivity contribution in [1.82, 2.24) is 4.90 Å². The summed E-state index contributed by atoms with van der Waals surface area (Å²) in [5.41, 5.74) is 2.32. The number of benzene rings is 1. The maximum absolute atomic E-state index is 13.4. The van der Waals surface area contributed by atoms with Gasteiger partial charge in [0.15, 0.2) is 17.8 Å². The molecule has 2 fully saturated rings. The Bertz CT molecular complexity index is 1060. The Morgan fingerprint density at radius 2 is 2.03 bits per heavy atom. The molecule has 1 amide bonds. The lowest BCUT2D eigenvalue weighted by Crippen LogP contribution is -2.61. The van der Waals surface area contributed by atoms with Crippen molar-refractivity contribution < 1.29 is 49.3 Å². The highest BCUT2D eigenvalue weighted by Crippen LogP contribution is 2.49. The predicted molar refractivity (Wildman–Crippen MR) is 122 cm³/mol. The van der Waals surface area contributed by atoms with Crippen LogP contribution in [0.25, 0.3) is 0 Å². The number of hydrogen-bond donors (Lipinski definition) is 5. The third-order valence-electron chi connectivity index (χ3n) is 7.70. The van der Waals surface area contributed by atoms with Gasteiger partial charge in [0, 0.05) is 18.4 Å². The highest BCUT2D eigenvalue weighted by Gasteiger charge is 2.51. The number of piperidine rings is 1. The van der Waals surface area contributed by atoms with Crippen LogP contribution in [0.5, 0.6) is 11.5 Å². The van der Waals surface area contributed by atoms with Gasteiger partial charge < -0.3 is 49.4 Å². The van der Waals surface area contributed by atoms with E-state index in [-0.39, 0.29) is 23.6 Å². The van der Waals surface area contributed by atoms with E-state index in [1.54, 1.807) is 23.1 Å². The summed E-state index contributed by atoms with van der Waals surface area (Å²) in [5.74, 6) is -0.671. The molecule has 0 bridgehead atoms. The van der Waals surface area contributed by atoms with E-state index in [1.165, 1.54) is 13.4 Å². The van der Waals surface area contributed by atoms with E-state index in [0.29, 0.717) is 30.7 Å². The summed E-state index contributed by atoms with van der Waals surface area (Å²) < 4.78 is 22.0. The quantitative estimate of drug-likeness (QED) is 0.337. The molecule has 11 nitrogen and oxygen atoms in total. The van der Waals surface area contributed by atoms with Crippen molar-refractivity contribution in [3.63, 3.8) is 0 Å². The number of carbonyl (C=O) groups excluding carboxylic acids is 1. The topological polar surface area (TPSA) is 158 Å². The molecule has 4 heterocycles. The minimum Gasteiger partial charge on any atom is -0.504 e. The molecule has 9 atom stereocenters. The molecule has 36 heavy (non-hydrogen) atoms. The number of amides is 1. The summed E-state index contributed by atoms with van der Waals surface area (Å²) in [4.78, 5) is 15.2. The molecule has 5 rings (SSSR count). The summed E-state index contributed by atoms with van der Waals surface area (Å²) in [6, 6.07) is 3.16. The van der Waals surface area contributed by atoms with Crippen molar-refractivity contribution in [1.29, 1.82) is 0 Å². The zero-order chi connectivity index (χ0) is 25.7. The van der Waals surface area contributed by atoms with E-state index >= 15 is 0 Å². The second kappa shape index (κ2) is 9.66. The Morgan fingerprint density at radius 1 is 1.25 bits per heavy atom. The van der Waals surface area contributed by atoms with E-state index in [0.717, 1.165) is 11.1 Å². The van der Waals surface area contributed by atoms with Crippen molar-refractivity contribution in [2.24, 2.45) is 11.8 Å². The largest absolute Gasteiger partial charge is 0.504 e. The maximum Gasteiger partial charge on any atom is 0.253 e. The van der Waals surface area contributed by atoms with Crippen LogP contribution in [0, 0.1) is 11.8 Å². The molecule has 1 aromatic carbocycles. The second-order valence-corrected chi connectivity index (χ2v) is 9.55. The van der Waals surface area contributed by atoms with Crippen LogP contribution in [0.15, 0.2) is 36.6 Å². The SMILES string of the molecule is C=CC1C(OC2C(O)OC(CO)C(O)C2O)OC=C2C(=O)N3CCc4cc(OC)c(O)cc4C3CC21. The van der Waals surface area contributed by atoms with Crippen LogP contribution >= 0.6 is 0 Å². The highest BCUT2D eigenvalue weighted by atomic mass is 16.7. The van der Waals surface area contributed by atoms with E-state index in [4.69, 9.17) is 18.9 Å². The fraction of sp³-hybridized carbons (Fsp3) is 0.560. The first-order valence-electron chi connectivity index (χ1n) is 11.9.